The molecule has 1 aliphatic carbocycles. The van der Waals surface area contributed by atoms with Crippen molar-refractivity contribution in [2.24, 2.45) is 0 Å². The molecule has 0 radical (unpaired) electrons. The van der Waals surface area contributed by atoms with Crippen molar-refractivity contribution < 1.29 is 5.11 Å². The fourth-order valence-electron chi connectivity index (χ4n) is 2.34. The average Bonchev–Trinajstić information content (AvgIpc) is 2.33. The molecule has 1 aliphatic rings. The van der Waals surface area contributed by atoms with E-state index in [1.807, 2.05) is 24.4 Å². The van der Waals surface area contributed by atoms with Crippen LogP contribution in [-0.2, 0) is 0 Å². The van der Waals surface area contributed by atoms with Gasteiger partial charge in [0.05, 0.1) is 11.8 Å². The summed E-state index contributed by atoms with van der Waals surface area (Å²) in [5.74, 6) is 0. The molecule has 1 heterocycles. The van der Waals surface area contributed by atoms with Gasteiger partial charge in [-0.2, -0.15) is 0 Å². The van der Waals surface area contributed by atoms with E-state index in [1.54, 1.807) is 0 Å². The lowest BCUT2D eigenvalue weighted by atomic mass is 9.92. The second kappa shape index (κ2) is 5.41. The van der Waals surface area contributed by atoms with Crippen LogP contribution in [0.25, 0.3) is 0 Å². The second-order valence-electron chi connectivity index (χ2n) is 4.60. The first-order chi connectivity index (χ1) is 7.77. The van der Waals surface area contributed by atoms with E-state index in [1.165, 1.54) is 6.42 Å². The van der Waals surface area contributed by atoms with Gasteiger partial charge in [-0.05, 0) is 31.9 Å². The number of pyridine rings is 1. The average molecular weight is 220 g/mol. The van der Waals surface area contributed by atoms with E-state index in [0.29, 0.717) is 0 Å². The molecular weight excluding hydrogens is 200 g/mol. The Bertz CT molecular complexity index is 315. The summed E-state index contributed by atoms with van der Waals surface area (Å²) in [4.78, 5) is 4.33. The van der Waals surface area contributed by atoms with Crippen LogP contribution in [0.5, 0.6) is 0 Å². The third kappa shape index (κ3) is 2.80. The Morgan fingerprint density at radius 1 is 1.38 bits per heavy atom. The van der Waals surface area contributed by atoms with Crippen LogP contribution in [0.4, 0.5) is 0 Å². The number of rotatable bonds is 3. The fraction of sp³-hybridized carbons (Fsp3) is 0.615. The van der Waals surface area contributed by atoms with Crippen molar-refractivity contribution >= 4 is 0 Å². The molecule has 2 N–H and O–H groups in total. The van der Waals surface area contributed by atoms with E-state index in [0.717, 1.165) is 25.0 Å². The molecule has 2 rings (SSSR count). The number of hydrogen-bond acceptors (Lipinski definition) is 3. The van der Waals surface area contributed by atoms with Gasteiger partial charge in [-0.25, -0.2) is 0 Å². The molecule has 0 amide bonds. The highest BCUT2D eigenvalue weighted by Gasteiger charge is 2.24. The van der Waals surface area contributed by atoms with Gasteiger partial charge < -0.3 is 10.4 Å². The third-order valence-corrected chi connectivity index (χ3v) is 3.32. The van der Waals surface area contributed by atoms with Gasteiger partial charge in [0.25, 0.3) is 0 Å². The normalized spacial score (nSPS) is 27.6. The van der Waals surface area contributed by atoms with Crippen LogP contribution in [0.2, 0.25) is 0 Å². The molecule has 1 aromatic rings. The number of hydrogen-bond donors (Lipinski definition) is 2. The zero-order valence-electron chi connectivity index (χ0n) is 9.76. The Hall–Kier alpha value is -0.930. The van der Waals surface area contributed by atoms with E-state index in [4.69, 9.17) is 0 Å². The Labute approximate surface area is 96.9 Å². The van der Waals surface area contributed by atoms with Crippen LogP contribution in [0.1, 0.15) is 44.3 Å². The van der Waals surface area contributed by atoms with Crippen molar-refractivity contribution in [1.82, 2.24) is 10.3 Å². The Morgan fingerprint density at radius 2 is 2.19 bits per heavy atom. The lowest BCUT2D eigenvalue weighted by Gasteiger charge is -2.30. The smallest absolute Gasteiger partial charge is 0.0693 e. The summed E-state index contributed by atoms with van der Waals surface area (Å²) in [6, 6.07) is 6.38. The zero-order chi connectivity index (χ0) is 11.4. The largest absolute Gasteiger partial charge is 0.392 e. The van der Waals surface area contributed by atoms with Gasteiger partial charge in [0.15, 0.2) is 0 Å². The molecule has 0 saturated heterocycles. The number of aliphatic hydroxyl groups is 1. The first-order valence-corrected chi connectivity index (χ1v) is 6.12. The number of aliphatic hydroxyl groups excluding tert-OH is 1. The van der Waals surface area contributed by atoms with Gasteiger partial charge in [-0.3, -0.25) is 4.98 Å². The lowest BCUT2D eigenvalue weighted by Crippen LogP contribution is -2.43. The van der Waals surface area contributed by atoms with Crippen LogP contribution in [0.3, 0.4) is 0 Å². The molecule has 88 valence electrons. The first kappa shape index (κ1) is 11.6. The third-order valence-electron chi connectivity index (χ3n) is 3.32. The van der Waals surface area contributed by atoms with E-state index in [2.05, 4.69) is 17.2 Å². The lowest BCUT2D eigenvalue weighted by molar-refractivity contribution is 0.0857. The Kier molecular flexibility index (Phi) is 3.91. The van der Waals surface area contributed by atoms with Gasteiger partial charge >= 0.3 is 0 Å². The molecule has 3 heteroatoms. The summed E-state index contributed by atoms with van der Waals surface area (Å²) in [7, 11) is 0. The molecule has 0 spiro atoms. The molecule has 0 unspecified atom stereocenters. The predicted molar refractivity (Wildman–Crippen MR) is 64.1 cm³/mol. The minimum Gasteiger partial charge on any atom is -0.392 e. The van der Waals surface area contributed by atoms with Crippen molar-refractivity contribution in [3.63, 3.8) is 0 Å². The minimum absolute atomic E-state index is 0.195. The minimum atomic E-state index is -0.195. The van der Waals surface area contributed by atoms with Crippen LogP contribution in [-0.4, -0.2) is 22.2 Å². The first-order valence-electron chi connectivity index (χ1n) is 6.12. The zero-order valence-corrected chi connectivity index (χ0v) is 9.76. The van der Waals surface area contributed by atoms with E-state index >= 15 is 0 Å². The standard InChI is InChI=1S/C13H20N2O/c1-10(11-6-4-5-9-14-11)15-12-7-2-3-8-13(12)16/h4-6,9-10,12-13,15-16H,2-3,7-8H2,1H3/t10-,12-,13-/m1/s1. The van der Waals surface area contributed by atoms with Gasteiger partial charge in [-0.15, -0.1) is 0 Å². The topological polar surface area (TPSA) is 45.1 Å². The number of nitrogens with zero attached hydrogens (tertiary/aromatic N) is 1. The molecule has 1 saturated carbocycles. The SMILES string of the molecule is C[C@@H](N[C@@H]1CCCC[C@H]1O)c1ccccn1. The maximum absolute atomic E-state index is 9.88. The summed E-state index contributed by atoms with van der Waals surface area (Å²) in [6.45, 7) is 2.10. The number of nitrogens with one attached hydrogen (secondary N) is 1. The molecule has 0 aliphatic heterocycles. The van der Waals surface area contributed by atoms with Gasteiger partial charge in [0.1, 0.15) is 0 Å². The number of aromatic nitrogens is 1. The Morgan fingerprint density at radius 3 is 2.88 bits per heavy atom. The van der Waals surface area contributed by atoms with Crippen LogP contribution < -0.4 is 5.32 Å². The molecule has 3 atom stereocenters. The monoisotopic (exact) mass is 220 g/mol. The van der Waals surface area contributed by atoms with E-state index < -0.39 is 0 Å². The maximum Gasteiger partial charge on any atom is 0.0693 e. The molecule has 0 aromatic carbocycles. The van der Waals surface area contributed by atoms with E-state index in [9.17, 15) is 5.11 Å². The van der Waals surface area contributed by atoms with Crippen molar-refractivity contribution in [2.45, 2.75) is 50.8 Å². The van der Waals surface area contributed by atoms with Crippen molar-refractivity contribution in [1.29, 1.82) is 0 Å². The molecule has 0 bridgehead atoms. The van der Waals surface area contributed by atoms with Crippen LogP contribution >= 0.6 is 0 Å². The summed E-state index contributed by atoms with van der Waals surface area (Å²) >= 11 is 0. The van der Waals surface area contributed by atoms with Crippen molar-refractivity contribution in [3.8, 4) is 0 Å². The highest BCUT2D eigenvalue weighted by molar-refractivity contribution is 5.08. The summed E-state index contributed by atoms with van der Waals surface area (Å²) in [6.07, 6.45) is 5.97. The van der Waals surface area contributed by atoms with Crippen molar-refractivity contribution in [2.75, 3.05) is 0 Å². The van der Waals surface area contributed by atoms with Crippen molar-refractivity contribution in [3.05, 3.63) is 30.1 Å². The summed E-state index contributed by atoms with van der Waals surface area (Å²) in [5.41, 5.74) is 1.04. The van der Waals surface area contributed by atoms with Crippen LogP contribution in [0.15, 0.2) is 24.4 Å². The molecule has 16 heavy (non-hydrogen) atoms. The quantitative estimate of drug-likeness (QED) is 0.819. The van der Waals surface area contributed by atoms with Crippen LogP contribution in [0, 0.1) is 0 Å². The molecular formula is C13H20N2O. The van der Waals surface area contributed by atoms with Gasteiger partial charge in [0.2, 0.25) is 0 Å². The molecule has 1 aromatic heterocycles. The summed E-state index contributed by atoms with van der Waals surface area (Å²) < 4.78 is 0. The van der Waals surface area contributed by atoms with Gasteiger partial charge in [-0.1, -0.05) is 18.9 Å². The highest BCUT2D eigenvalue weighted by Crippen LogP contribution is 2.21. The second-order valence-corrected chi connectivity index (χ2v) is 4.60. The highest BCUT2D eigenvalue weighted by atomic mass is 16.3. The fourth-order valence-corrected chi connectivity index (χ4v) is 2.34. The molecule has 1 fully saturated rings. The molecule has 3 nitrogen and oxygen atoms in total. The predicted octanol–water partition coefficient (Wildman–Crippen LogP) is 2.04. The maximum atomic E-state index is 9.88. The van der Waals surface area contributed by atoms with Gasteiger partial charge in [0, 0.05) is 18.3 Å². The summed E-state index contributed by atoms with van der Waals surface area (Å²) in [5, 5.41) is 13.4. The van der Waals surface area contributed by atoms with E-state index in [-0.39, 0.29) is 18.2 Å². The Balaban J connectivity index is 1.94.